The Kier molecular flexibility index (Phi) is 5.04. The smallest absolute Gasteiger partial charge is 0.294 e. The molecule has 3 rings (SSSR count). The molecule has 1 fully saturated rings. The highest BCUT2D eigenvalue weighted by Gasteiger charge is 2.24. The molecule has 0 radical (unpaired) electrons. The third kappa shape index (κ3) is 3.84. The van der Waals surface area contributed by atoms with Crippen LogP contribution in [-0.4, -0.2) is 44.1 Å². The van der Waals surface area contributed by atoms with Crippen molar-refractivity contribution in [3.05, 3.63) is 23.0 Å². The van der Waals surface area contributed by atoms with Crippen LogP contribution in [0.3, 0.4) is 0 Å². The zero-order chi connectivity index (χ0) is 15.4. The van der Waals surface area contributed by atoms with Crippen molar-refractivity contribution in [2.24, 2.45) is 0 Å². The van der Waals surface area contributed by atoms with Gasteiger partial charge >= 0.3 is 0 Å². The van der Waals surface area contributed by atoms with E-state index < -0.39 is 0 Å². The van der Waals surface area contributed by atoms with Crippen LogP contribution < -0.4 is 4.74 Å². The maximum atomic E-state index is 5.41. The molecule has 0 spiro atoms. The van der Waals surface area contributed by atoms with Crippen LogP contribution in [0.4, 0.5) is 0 Å². The van der Waals surface area contributed by atoms with Crippen LogP contribution in [0, 0.1) is 6.92 Å². The monoisotopic (exact) mass is 321 g/mol. The van der Waals surface area contributed by atoms with Gasteiger partial charge in [0.05, 0.1) is 25.9 Å². The van der Waals surface area contributed by atoms with Crippen molar-refractivity contribution >= 4 is 11.3 Å². The second-order valence-electron chi connectivity index (χ2n) is 5.75. The number of piperidine rings is 1. The van der Waals surface area contributed by atoms with Crippen LogP contribution in [-0.2, 0) is 13.1 Å². The Labute approximate surface area is 135 Å². The summed E-state index contributed by atoms with van der Waals surface area (Å²) < 4.78 is 7.47. The topological polar surface area (TPSA) is 56.1 Å². The second-order valence-corrected chi connectivity index (χ2v) is 6.78. The molecule has 0 amide bonds. The van der Waals surface area contributed by atoms with Crippen molar-refractivity contribution in [1.82, 2.24) is 24.9 Å². The fraction of sp³-hybridized carbons (Fsp3) is 0.667. The summed E-state index contributed by atoms with van der Waals surface area (Å²) in [6.45, 7) is 7.61. The van der Waals surface area contributed by atoms with Crippen LogP contribution in [0.5, 0.6) is 5.19 Å². The van der Waals surface area contributed by atoms with Gasteiger partial charge in [-0.25, -0.2) is 0 Å². The molecule has 0 N–H and O–H groups in total. The van der Waals surface area contributed by atoms with Crippen molar-refractivity contribution in [2.75, 3.05) is 13.2 Å². The summed E-state index contributed by atoms with van der Waals surface area (Å²) in [4.78, 5) is 2.51. The maximum Gasteiger partial charge on any atom is 0.294 e. The van der Waals surface area contributed by atoms with Gasteiger partial charge in [0.25, 0.3) is 5.19 Å². The van der Waals surface area contributed by atoms with Crippen molar-refractivity contribution in [3.63, 3.8) is 0 Å². The molecule has 120 valence electrons. The molecule has 6 nitrogen and oxygen atoms in total. The number of hydrogen-bond acceptors (Lipinski definition) is 6. The van der Waals surface area contributed by atoms with Crippen molar-refractivity contribution in [1.29, 1.82) is 0 Å². The van der Waals surface area contributed by atoms with Crippen LogP contribution in [0.2, 0.25) is 0 Å². The lowest BCUT2D eigenvalue weighted by molar-refractivity contribution is 0.121. The van der Waals surface area contributed by atoms with Crippen molar-refractivity contribution in [2.45, 2.75) is 52.2 Å². The van der Waals surface area contributed by atoms with Crippen molar-refractivity contribution < 1.29 is 4.74 Å². The van der Waals surface area contributed by atoms with E-state index in [2.05, 4.69) is 38.0 Å². The summed E-state index contributed by atoms with van der Waals surface area (Å²) in [5.74, 6) is 0. The fourth-order valence-electron chi connectivity index (χ4n) is 2.92. The van der Waals surface area contributed by atoms with Gasteiger partial charge in [-0.2, -0.15) is 5.10 Å². The van der Waals surface area contributed by atoms with E-state index in [9.17, 15) is 0 Å². The fourth-order valence-corrected chi connectivity index (χ4v) is 3.69. The first-order valence-corrected chi connectivity index (χ1v) is 8.74. The molecule has 0 bridgehead atoms. The first-order chi connectivity index (χ1) is 10.7. The molecule has 7 heteroatoms. The van der Waals surface area contributed by atoms with Gasteiger partial charge < -0.3 is 4.74 Å². The van der Waals surface area contributed by atoms with E-state index in [1.807, 2.05) is 13.1 Å². The average molecular weight is 321 g/mol. The second kappa shape index (κ2) is 7.19. The van der Waals surface area contributed by atoms with Crippen molar-refractivity contribution in [3.8, 4) is 5.19 Å². The largest absolute Gasteiger partial charge is 0.469 e. The minimum Gasteiger partial charge on any atom is -0.469 e. The van der Waals surface area contributed by atoms with Gasteiger partial charge in [0.2, 0.25) is 0 Å². The van der Waals surface area contributed by atoms with Gasteiger partial charge in [0, 0.05) is 12.2 Å². The van der Waals surface area contributed by atoms with E-state index in [1.54, 1.807) is 11.3 Å². The number of likely N-dealkylation sites (tertiary alicyclic amines) is 1. The predicted octanol–water partition coefficient (Wildman–Crippen LogP) is 2.50. The number of aryl methyl sites for hydroxylation is 1. The lowest BCUT2D eigenvalue weighted by Crippen LogP contribution is -2.41. The number of aromatic nitrogens is 4. The molecule has 0 saturated carbocycles. The molecule has 2 aromatic heterocycles. The van der Waals surface area contributed by atoms with E-state index in [0.29, 0.717) is 17.8 Å². The third-order valence-corrected chi connectivity index (χ3v) is 4.78. The summed E-state index contributed by atoms with van der Waals surface area (Å²) in [5, 5.41) is 14.5. The Hall–Kier alpha value is -1.47. The predicted molar refractivity (Wildman–Crippen MR) is 86.1 cm³/mol. The minimum atomic E-state index is 0.521. The number of hydrogen-bond donors (Lipinski definition) is 0. The molecule has 2 aromatic rings. The van der Waals surface area contributed by atoms with Crippen LogP contribution in [0.1, 0.15) is 36.8 Å². The zero-order valence-electron chi connectivity index (χ0n) is 13.2. The van der Waals surface area contributed by atoms with Gasteiger partial charge in [-0.15, -0.1) is 10.2 Å². The molecule has 1 aliphatic heterocycles. The lowest BCUT2D eigenvalue weighted by Gasteiger charge is -2.34. The number of ether oxygens (including phenoxy) is 1. The molecule has 0 aliphatic carbocycles. The van der Waals surface area contributed by atoms with Gasteiger partial charge in [0.15, 0.2) is 0 Å². The maximum absolute atomic E-state index is 5.41. The van der Waals surface area contributed by atoms with Gasteiger partial charge in [-0.05, 0) is 38.8 Å². The lowest BCUT2D eigenvalue weighted by atomic mass is 10.0. The Morgan fingerprint density at radius 3 is 3.05 bits per heavy atom. The molecule has 22 heavy (non-hydrogen) atoms. The Morgan fingerprint density at radius 2 is 2.27 bits per heavy atom. The minimum absolute atomic E-state index is 0.521. The van der Waals surface area contributed by atoms with E-state index in [1.165, 1.54) is 24.8 Å². The molecule has 1 saturated heterocycles. The van der Waals surface area contributed by atoms with Gasteiger partial charge in [0.1, 0.15) is 5.01 Å². The van der Waals surface area contributed by atoms with Crippen LogP contribution >= 0.6 is 11.3 Å². The molecule has 0 aromatic carbocycles. The first kappa shape index (κ1) is 15.4. The summed E-state index contributed by atoms with van der Waals surface area (Å²) in [5.41, 5.74) is 1.22. The summed E-state index contributed by atoms with van der Waals surface area (Å²) in [7, 11) is 0. The highest BCUT2D eigenvalue weighted by Crippen LogP contribution is 2.24. The molecular weight excluding hydrogens is 298 g/mol. The standard InChI is InChI=1S/C15H23N5OS/c1-3-21-15-18-17-14(22-15)11-19-7-5-4-6-13(19)10-20-9-12(2)8-16-20/h8-9,13H,3-7,10-11H2,1-2H3. The highest BCUT2D eigenvalue weighted by molar-refractivity contribution is 7.13. The van der Waals surface area contributed by atoms with Crippen LogP contribution in [0.25, 0.3) is 0 Å². The molecule has 1 aliphatic rings. The van der Waals surface area contributed by atoms with Gasteiger partial charge in [-0.1, -0.05) is 17.8 Å². The molecule has 1 atom stereocenters. The molecule has 3 heterocycles. The Morgan fingerprint density at radius 1 is 1.36 bits per heavy atom. The number of nitrogens with zero attached hydrogens (tertiary/aromatic N) is 5. The SMILES string of the molecule is CCOc1nnc(CN2CCCCC2Cn2cc(C)cn2)s1. The average Bonchev–Trinajstić information content (AvgIpc) is 3.11. The first-order valence-electron chi connectivity index (χ1n) is 7.93. The van der Waals surface area contributed by atoms with E-state index in [0.717, 1.165) is 24.6 Å². The summed E-state index contributed by atoms with van der Waals surface area (Å²) >= 11 is 1.56. The quantitative estimate of drug-likeness (QED) is 0.818. The molecule has 1 unspecified atom stereocenters. The Bertz CT molecular complexity index is 596. The van der Waals surface area contributed by atoms with E-state index in [-0.39, 0.29) is 0 Å². The van der Waals surface area contributed by atoms with E-state index in [4.69, 9.17) is 4.74 Å². The highest BCUT2D eigenvalue weighted by atomic mass is 32.1. The van der Waals surface area contributed by atoms with Gasteiger partial charge in [-0.3, -0.25) is 9.58 Å². The van der Waals surface area contributed by atoms with E-state index >= 15 is 0 Å². The van der Waals surface area contributed by atoms with Crippen LogP contribution in [0.15, 0.2) is 12.4 Å². The Balaban J connectivity index is 1.63. The number of rotatable bonds is 6. The normalized spacial score (nSPS) is 19.5. The summed E-state index contributed by atoms with van der Waals surface area (Å²) in [6, 6.07) is 0.521. The zero-order valence-corrected chi connectivity index (χ0v) is 14.1. The third-order valence-electron chi connectivity index (χ3n) is 3.96. The summed E-state index contributed by atoms with van der Waals surface area (Å²) in [6.07, 6.45) is 7.81. The molecular formula is C15H23N5OS.